The number of hydrogen-bond donors (Lipinski definition) is 1. The lowest BCUT2D eigenvalue weighted by molar-refractivity contribution is -0.155. The van der Waals surface area contributed by atoms with E-state index in [0.29, 0.717) is 0 Å². The maximum Gasteiger partial charge on any atom is 0.248 e. The maximum absolute atomic E-state index is 12.6. The molecule has 1 N–H and O–H groups in total. The fraction of sp³-hybridized carbons (Fsp3) is 0.857. The zero-order valence-electron chi connectivity index (χ0n) is 13.9. The molecule has 0 aromatic carbocycles. The van der Waals surface area contributed by atoms with Crippen LogP contribution in [0.3, 0.4) is 0 Å². The van der Waals surface area contributed by atoms with Gasteiger partial charge >= 0.3 is 0 Å². The van der Waals surface area contributed by atoms with Crippen LogP contribution in [0.4, 0.5) is 0 Å². The Morgan fingerprint density at radius 3 is 2.14 bits per heavy atom. The molecule has 0 spiro atoms. The van der Waals surface area contributed by atoms with Crippen LogP contribution < -0.4 is 5.32 Å². The smallest absolute Gasteiger partial charge is 0.248 e. The predicted molar refractivity (Wildman–Crippen MR) is 81.5 cm³/mol. The summed E-state index contributed by atoms with van der Waals surface area (Å²) >= 11 is 0. The van der Waals surface area contributed by atoms with Gasteiger partial charge in [0, 0.05) is 12.8 Å². The van der Waals surface area contributed by atoms with Crippen molar-refractivity contribution in [1.82, 2.24) is 10.2 Å². The Labute approximate surface area is 127 Å². The van der Waals surface area contributed by atoms with Crippen LogP contribution in [0.2, 0.25) is 0 Å². The Bertz CT molecular complexity index is 549. The van der Waals surface area contributed by atoms with Crippen LogP contribution in [0.15, 0.2) is 0 Å². The van der Waals surface area contributed by atoms with Crippen molar-refractivity contribution in [1.29, 1.82) is 0 Å². The van der Waals surface area contributed by atoms with Gasteiger partial charge in [-0.1, -0.05) is 13.8 Å². The summed E-state index contributed by atoms with van der Waals surface area (Å²) in [6.45, 7) is 10.1. The molecule has 0 bridgehead atoms. The molecule has 1 saturated heterocycles. The van der Waals surface area contributed by atoms with E-state index in [-0.39, 0.29) is 24.3 Å². The first-order chi connectivity index (χ1) is 9.21. The molecule has 1 rings (SSSR count). The third-order valence-corrected chi connectivity index (χ3v) is 6.16. The zero-order chi connectivity index (χ0) is 16.8. The average molecular weight is 318 g/mol. The van der Waals surface area contributed by atoms with Crippen molar-refractivity contribution in [2.24, 2.45) is 5.92 Å². The second-order valence-corrected chi connectivity index (χ2v) is 9.92. The number of piperazine rings is 1. The number of nitrogens with one attached hydrogen (secondary N) is 1. The summed E-state index contributed by atoms with van der Waals surface area (Å²) in [7, 11) is -3.35. The van der Waals surface area contributed by atoms with Crippen LogP contribution in [0.1, 0.15) is 41.5 Å². The highest BCUT2D eigenvalue weighted by atomic mass is 32.2. The van der Waals surface area contributed by atoms with E-state index < -0.39 is 26.2 Å². The molecule has 0 aromatic rings. The van der Waals surface area contributed by atoms with Gasteiger partial charge in [0.15, 0.2) is 9.84 Å². The topological polar surface area (TPSA) is 83.6 Å². The summed E-state index contributed by atoms with van der Waals surface area (Å²) < 4.78 is 22.7. The lowest BCUT2D eigenvalue weighted by atomic mass is 9.90. The monoisotopic (exact) mass is 318 g/mol. The normalized spacial score (nSPS) is 23.4. The van der Waals surface area contributed by atoms with Gasteiger partial charge in [0.05, 0.1) is 4.75 Å². The van der Waals surface area contributed by atoms with Crippen molar-refractivity contribution < 1.29 is 18.0 Å². The number of carbonyl (C=O) groups excluding carboxylic acids is 2. The second-order valence-electron chi connectivity index (χ2n) is 7.27. The average Bonchev–Trinajstić information content (AvgIpc) is 2.22. The minimum atomic E-state index is -3.35. The zero-order valence-corrected chi connectivity index (χ0v) is 14.7. The molecular formula is C14H26N2O4S. The highest BCUT2D eigenvalue weighted by Gasteiger charge is 2.49. The minimum Gasteiger partial charge on any atom is -0.340 e. The lowest BCUT2D eigenvalue weighted by Gasteiger charge is -2.46. The van der Waals surface area contributed by atoms with Gasteiger partial charge in [-0.05, 0) is 33.6 Å². The lowest BCUT2D eigenvalue weighted by Crippen LogP contribution is -2.70. The molecule has 7 heteroatoms. The molecule has 6 nitrogen and oxygen atoms in total. The van der Waals surface area contributed by atoms with Crippen LogP contribution in [0.25, 0.3) is 0 Å². The molecule has 21 heavy (non-hydrogen) atoms. The highest BCUT2D eigenvalue weighted by molar-refractivity contribution is 7.92. The maximum atomic E-state index is 12.6. The van der Waals surface area contributed by atoms with E-state index in [1.54, 1.807) is 27.7 Å². The van der Waals surface area contributed by atoms with Gasteiger partial charge in [0.1, 0.15) is 11.6 Å². The second kappa shape index (κ2) is 5.26. The molecule has 1 unspecified atom stereocenters. The Morgan fingerprint density at radius 2 is 1.76 bits per heavy atom. The van der Waals surface area contributed by atoms with E-state index in [2.05, 4.69) is 5.32 Å². The van der Waals surface area contributed by atoms with E-state index in [1.165, 1.54) is 4.90 Å². The number of sulfone groups is 1. The third kappa shape index (κ3) is 3.39. The third-order valence-electron chi connectivity index (χ3n) is 4.02. The van der Waals surface area contributed by atoms with E-state index in [0.717, 1.165) is 6.26 Å². The minimum absolute atomic E-state index is 0.00433. The fourth-order valence-electron chi connectivity index (χ4n) is 2.42. The van der Waals surface area contributed by atoms with Crippen molar-refractivity contribution in [3.8, 4) is 0 Å². The molecule has 1 aliphatic heterocycles. The molecule has 1 aliphatic rings. The van der Waals surface area contributed by atoms with Gasteiger partial charge < -0.3 is 10.2 Å². The van der Waals surface area contributed by atoms with Crippen molar-refractivity contribution in [3.05, 3.63) is 0 Å². The molecule has 0 saturated carbocycles. The molecule has 0 aromatic heterocycles. The Morgan fingerprint density at radius 1 is 1.29 bits per heavy atom. The number of amides is 2. The van der Waals surface area contributed by atoms with Gasteiger partial charge in [0.2, 0.25) is 11.8 Å². The van der Waals surface area contributed by atoms with E-state index in [4.69, 9.17) is 0 Å². The van der Waals surface area contributed by atoms with Gasteiger partial charge in [-0.15, -0.1) is 0 Å². The van der Waals surface area contributed by atoms with Gasteiger partial charge in [-0.2, -0.15) is 0 Å². The standard InChI is InChI=1S/C14H26N2O4S/c1-9(2)10-11(17)15-14(5,6)12(18)16(10)8-13(3,4)21(7,19)20/h9-10H,8H2,1-7H3,(H,15,17). The van der Waals surface area contributed by atoms with E-state index in [9.17, 15) is 18.0 Å². The largest absolute Gasteiger partial charge is 0.340 e. The first-order valence-electron chi connectivity index (χ1n) is 7.03. The van der Waals surface area contributed by atoms with Crippen LogP contribution in [0, 0.1) is 5.92 Å². The summed E-state index contributed by atoms with van der Waals surface area (Å²) in [6, 6.07) is -0.647. The summed E-state index contributed by atoms with van der Waals surface area (Å²) in [5, 5.41) is 2.71. The molecule has 2 amide bonds. The molecule has 0 radical (unpaired) electrons. The van der Waals surface area contributed by atoms with Crippen molar-refractivity contribution in [2.75, 3.05) is 12.8 Å². The van der Waals surface area contributed by atoms with Crippen molar-refractivity contribution in [2.45, 2.75) is 57.9 Å². The van der Waals surface area contributed by atoms with Gasteiger partial charge in [-0.25, -0.2) is 8.42 Å². The highest BCUT2D eigenvalue weighted by Crippen LogP contribution is 2.27. The van der Waals surface area contributed by atoms with E-state index in [1.807, 2.05) is 13.8 Å². The summed E-state index contributed by atoms with van der Waals surface area (Å²) in [6.07, 6.45) is 1.15. The number of carbonyl (C=O) groups is 2. The Balaban J connectivity index is 3.25. The van der Waals surface area contributed by atoms with Gasteiger partial charge in [0.25, 0.3) is 0 Å². The first-order valence-corrected chi connectivity index (χ1v) is 8.92. The van der Waals surface area contributed by atoms with Crippen LogP contribution in [-0.2, 0) is 19.4 Å². The summed E-state index contributed by atoms with van der Waals surface area (Å²) in [4.78, 5) is 26.3. The predicted octanol–water partition coefficient (Wildman–Crippen LogP) is 0.571. The molecule has 1 heterocycles. The quantitative estimate of drug-likeness (QED) is 0.821. The molecule has 122 valence electrons. The molecule has 1 fully saturated rings. The molecular weight excluding hydrogens is 292 g/mol. The fourth-order valence-corrected chi connectivity index (χ4v) is 2.80. The number of rotatable bonds is 4. The number of hydrogen-bond acceptors (Lipinski definition) is 4. The van der Waals surface area contributed by atoms with Crippen molar-refractivity contribution >= 4 is 21.7 Å². The Hall–Kier alpha value is -1.11. The van der Waals surface area contributed by atoms with Crippen LogP contribution >= 0.6 is 0 Å². The summed E-state index contributed by atoms with van der Waals surface area (Å²) in [5.41, 5.74) is -1.02. The van der Waals surface area contributed by atoms with Gasteiger partial charge in [-0.3, -0.25) is 9.59 Å². The van der Waals surface area contributed by atoms with Crippen LogP contribution in [0.5, 0.6) is 0 Å². The molecule has 1 atom stereocenters. The van der Waals surface area contributed by atoms with E-state index >= 15 is 0 Å². The Kier molecular flexibility index (Phi) is 4.50. The molecule has 0 aliphatic carbocycles. The number of nitrogens with zero attached hydrogens (tertiary/aromatic N) is 1. The summed E-state index contributed by atoms with van der Waals surface area (Å²) in [5.74, 6) is -0.586. The SMILES string of the molecule is CC(C)C1C(=O)NC(C)(C)C(=O)N1CC(C)(C)S(C)(=O)=O. The van der Waals surface area contributed by atoms with Crippen LogP contribution in [-0.4, -0.2) is 54.3 Å². The first kappa shape index (κ1) is 17.9. The van der Waals surface area contributed by atoms with Crippen molar-refractivity contribution in [3.63, 3.8) is 0 Å².